The van der Waals surface area contributed by atoms with Gasteiger partial charge in [0.1, 0.15) is 11.8 Å². The van der Waals surface area contributed by atoms with E-state index in [1.54, 1.807) is 0 Å². The zero-order valence-electron chi connectivity index (χ0n) is 9.92. The predicted octanol–water partition coefficient (Wildman–Crippen LogP) is 1.70. The SMILES string of the molecule is CC(C)COC(=O)n1cnc2c(Cl)nc(N)nc21. The van der Waals surface area contributed by atoms with Crippen molar-refractivity contribution in [3.05, 3.63) is 11.5 Å². The van der Waals surface area contributed by atoms with Crippen molar-refractivity contribution < 1.29 is 9.53 Å². The van der Waals surface area contributed by atoms with E-state index in [0.717, 1.165) is 4.57 Å². The van der Waals surface area contributed by atoms with Crippen molar-refractivity contribution >= 4 is 34.8 Å². The smallest absolute Gasteiger partial charge is 0.421 e. The molecule has 2 N–H and O–H groups in total. The molecule has 0 bridgehead atoms. The molecule has 0 saturated carbocycles. The van der Waals surface area contributed by atoms with Crippen LogP contribution >= 0.6 is 11.6 Å². The Morgan fingerprint density at radius 2 is 2.28 bits per heavy atom. The molecule has 0 unspecified atom stereocenters. The molecule has 0 spiro atoms. The van der Waals surface area contributed by atoms with Gasteiger partial charge in [0.05, 0.1) is 6.61 Å². The van der Waals surface area contributed by atoms with Crippen molar-refractivity contribution in [3.8, 4) is 0 Å². The first-order chi connectivity index (χ1) is 8.49. The molecule has 0 fully saturated rings. The highest BCUT2D eigenvalue weighted by Gasteiger charge is 2.16. The van der Waals surface area contributed by atoms with Crippen LogP contribution < -0.4 is 5.73 Å². The van der Waals surface area contributed by atoms with Crippen molar-refractivity contribution in [2.75, 3.05) is 12.3 Å². The molecular weight excluding hydrogens is 258 g/mol. The summed E-state index contributed by atoms with van der Waals surface area (Å²) >= 11 is 5.85. The minimum Gasteiger partial charge on any atom is -0.449 e. The molecule has 0 aliphatic rings. The molecule has 7 nitrogen and oxygen atoms in total. The van der Waals surface area contributed by atoms with E-state index in [4.69, 9.17) is 22.1 Å². The Morgan fingerprint density at radius 1 is 1.56 bits per heavy atom. The zero-order chi connectivity index (χ0) is 13.3. The van der Waals surface area contributed by atoms with Gasteiger partial charge < -0.3 is 10.5 Å². The maximum absolute atomic E-state index is 11.8. The summed E-state index contributed by atoms with van der Waals surface area (Å²) in [5.74, 6) is 0.220. The van der Waals surface area contributed by atoms with E-state index in [2.05, 4.69) is 15.0 Å². The summed E-state index contributed by atoms with van der Waals surface area (Å²) < 4.78 is 6.23. The second-order valence-corrected chi connectivity index (χ2v) is 4.49. The fraction of sp³-hybridized carbons (Fsp3) is 0.400. The lowest BCUT2D eigenvalue weighted by atomic mass is 10.2. The molecule has 0 radical (unpaired) electrons. The standard InChI is InChI=1S/C10H12ClN5O2/c1-5(2)3-18-10(17)16-4-13-6-7(11)14-9(12)15-8(6)16/h4-5H,3H2,1-2H3,(H2,12,14,15). The van der Waals surface area contributed by atoms with E-state index in [1.807, 2.05) is 13.8 Å². The number of anilines is 1. The van der Waals surface area contributed by atoms with Gasteiger partial charge in [-0.3, -0.25) is 0 Å². The molecule has 0 aromatic carbocycles. The molecule has 0 saturated heterocycles. The van der Waals surface area contributed by atoms with Crippen LogP contribution in [0, 0.1) is 5.92 Å². The van der Waals surface area contributed by atoms with Crippen LogP contribution in [0.4, 0.5) is 10.7 Å². The highest BCUT2D eigenvalue weighted by atomic mass is 35.5. The molecular formula is C10H12ClN5O2. The summed E-state index contributed by atoms with van der Waals surface area (Å²) in [6.07, 6.45) is 0.716. The number of hydrogen-bond donors (Lipinski definition) is 1. The quantitative estimate of drug-likeness (QED) is 0.834. The van der Waals surface area contributed by atoms with E-state index >= 15 is 0 Å². The van der Waals surface area contributed by atoms with Crippen LogP contribution in [0.1, 0.15) is 13.8 Å². The molecule has 2 aromatic rings. The lowest BCUT2D eigenvalue weighted by molar-refractivity contribution is 0.135. The van der Waals surface area contributed by atoms with Crippen molar-refractivity contribution in [1.29, 1.82) is 0 Å². The number of nitrogen functional groups attached to an aromatic ring is 1. The zero-order valence-corrected chi connectivity index (χ0v) is 10.7. The van der Waals surface area contributed by atoms with E-state index in [0.29, 0.717) is 12.1 Å². The highest BCUT2D eigenvalue weighted by Crippen LogP contribution is 2.19. The van der Waals surface area contributed by atoms with Gasteiger partial charge in [-0.05, 0) is 5.92 Å². The van der Waals surface area contributed by atoms with Gasteiger partial charge in [0.2, 0.25) is 5.95 Å². The van der Waals surface area contributed by atoms with Crippen LogP contribution in [0.15, 0.2) is 6.33 Å². The molecule has 8 heteroatoms. The van der Waals surface area contributed by atoms with E-state index in [1.165, 1.54) is 6.33 Å². The number of hydrogen-bond acceptors (Lipinski definition) is 6. The Balaban J connectivity index is 2.37. The van der Waals surface area contributed by atoms with Crippen molar-refractivity contribution in [3.63, 3.8) is 0 Å². The summed E-state index contributed by atoms with van der Waals surface area (Å²) in [5.41, 5.74) is 6.02. The van der Waals surface area contributed by atoms with Gasteiger partial charge in [0.15, 0.2) is 10.8 Å². The first-order valence-corrected chi connectivity index (χ1v) is 5.70. The topological polar surface area (TPSA) is 95.9 Å². The minimum absolute atomic E-state index is 0.0223. The highest BCUT2D eigenvalue weighted by molar-refractivity contribution is 6.33. The Morgan fingerprint density at radius 3 is 2.94 bits per heavy atom. The summed E-state index contributed by atoms with van der Waals surface area (Å²) in [6, 6.07) is 0. The summed E-state index contributed by atoms with van der Waals surface area (Å²) in [5, 5.41) is 0.105. The van der Waals surface area contributed by atoms with Crippen molar-refractivity contribution in [2.45, 2.75) is 13.8 Å². The number of aromatic nitrogens is 4. The Bertz CT molecular complexity index is 595. The first-order valence-electron chi connectivity index (χ1n) is 5.32. The van der Waals surface area contributed by atoms with Crippen molar-refractivity contribution in [2.24, 2.45) is 5.92 Å². The van der Waals surface area contributed by atoms with Crippen LogP contribution in [0.5, 0.6) is 0 Å². The van der Waals surface area contributed by atoms with Gasteiger partial charge in [0, 0.05) is 0 Å². The maximum atomic E-state index is 11.8. The third kappa shape index (κ3) is 2.35. The molecule has 2 rings (SSSR count). The average Bonchev–Trinajstić information content (AvgIpc) is 2.69. The van der Waals surface area contributed by atoms with E-state index < -0.39 is 6.09 Å². The number of carbonyl (C=O) groups excluding carboxylic acids is 1. The maximum Gasteiger partial charge on any atom is 0.421 e. The van der Waals surface area contributed by atoms with Gasteiger partial charge in [-0.15, -0.1) is 0 Å². The molecule has 0 amide bonds. The molecule has 0 aliphatic heterocycles. The van der Waals surface area contributed by atoms with E-state index in [9.17, 15) is 4.79 Å². The van der Waals surface area contributed by atoms with Crippen LogP contribution in [0.2, 0.25) is 5.15 Å². The Hall–Kier alpha value is -1.89. The minimum atomic E-state index is -0.569. The second-order valence-electron chi connectivity index (χ2n) is 4.13. The van der Waals surface area contributed by atoms with Crippen molar-refractivity contribution in [1.82, 2.24) is 19.5 Å². The Labute approximate surface area is 108 Å². The van der Waals surface area contributed by atoms with Crippen LogP contribution in [0.3, 0.4) is 0 Å². The molecule has 18 heavy (non-hydrogen) atoms. The summed E-state index contributed by atoms with van der Waals surface area (Å²) in [7, 11) is 0. The molecule has 2 aromatic heterocycles. The third-order valence-electron chi connectivity index (χ3n) is 2.11. The second kappa shape index (κ2) is 4.77. The monoisotopic (exact) mass is 269 g/mol. The van der Waals surface area contributed by atoms with Gasteiger partial charge >= 0.3 is 6.09 Å². The summed E-state index contributed by atoms with van der Waals surface area (Å²) in [6.45, 7) is 4.19. The number of fused-ring (bicyclic) bond motifs is 1. The molecule has 0 atom stereocenters. The average molecular weight is 270 g/mol. The predicted molar refractivity (Wildman–Crippen MR) is 66.3 cm³/mol. The van der Waals surface area contributed by atoms with Crippen LogP contribution in [0.25, 0.3) is 11.2 Å². The van der Waals surface area contributed by atoms with E-state index in [-0.39, 0.29) is 22.7 Å². The summed E-state index contributed by atoms with van der Waals surface area (Å²) in [4.78, 5) is 23.4. The molecule has 2 heterocycles. The third-order valence-corrected chi connectivity index (χ3v) is 2.37. The van der Waals surface area contributed by atoms with Gasteiger partial charge in [-0.2, -0.15) is 9.97 Å². The van der Waals surface area contributed by atoms with Gasteiger partial charge in [0.25, 0.3) is 0 Å². The molecule has 96 valence electrons. The lowest BCUT2D eigenvalue weighted by Gasteiger charge is -2.07. The van der Waals surface area contributed by atoms with Gasteiger partial charge in [-0.1, -0.05) is 25.4 Å². The largest absolute Gasteiger partial charge is 0.449 e. The molecule has 0 aliphatic carbocycles. The number of ether oxygens (including phenoxy) is 1. The number of halogens is 1. The first kappa shape index (κ1) is 12.6. The fourth-order valence-corrected chi connectivity index (χ4v) is 1.54. The number of imidazole rings is 1. The normalized spacial score (nSPS) is 11.1. The lowest BCUT2D eigenvalue weighted by Crippen LogP contribution is -2.16. The number of nitrogens with two attached hydrogens (primary N) is 1. The van der Waals surface area contributed by atoms with Gasteiger partial charge in [-0.25, -0.2) is 14.3 Å². The Kier molecular flexibility index (Phi) is 3.33. The van der Waals surface area contributed by atoms with Crippen LogP contribution in [-0.2, 0) is 4.74 Å². The number of carbonyl (C=O) groups is 1. The fourth-order valence-electron chi connectivity index (χ4n) is 1.32. The number of nitrogens with zero attached hydrogens (tertiary/aromatic N) is 4. The number of rotatable bonds is 2. The van der Waals surface area contributed by atoms with Crippen LogP contribution in [-0.4, -0.2) is 32.2 Å².